The summed E-state index contributed by atoms with van der Waals surface area (Å²) in [5, 5.41) is 0. The monoisotopic (exact) mass is 264 g/mol. The van der Waals surface area contributed by atoms with Gasteiger partial charge in [-0.2, -0.15) is 0 Å². The van der Waals surface area contributed by atoms with Gasteiger partial charge >= 0.3 is 0 Å². The van der Waals surface area contributed by atoms with Crippen molar-refractivity contribution in [2.45, 2.75) is 72.1 Å². The Hall–Kier alpha value is -0.590. The van der Waals surface area contributed by atoms with Crippen LogP contribution in [0, 0.1) is 23.7 Å². The van der Waals surface area contributed by atoms with Crippen LogP contribution in [0.25, 0.3) is 0 Å². The lowest BCUT2D eigenvalue weighted by molar-refractivity contribution is -0.111. The average Bonchev–Trinajstić information content (AvgIpc) is 2.42. The fourth-order valence-corrected chi connectivity index (χ4v) is 3.17. The summed E-state index contributed by atoms with van der Waals surface area (Å²) in [5.41, 5.74) is 0. The number of carbonyl (C=O) groups is 1. The Bertz CT molecular complexity index is 259. The summed E-state index contributed by atoms with van der Waals surface area (Å²) in [6.45, 7) is 7.08. The molecule has 0 aromatic carbocycles. The van der Waals surface area contributed by atoms with Crippen LogP contribution in [0.15, 0.2) is 12.2 Å². The molecule has 0 aliphatic heterocycles. The molecule has 2 aliphatic carbocycles. The Balaban J connectivity index is 0.000000200. The van der Waals surface area contributed by atoms with Gasteiger partial charge < -0.3 is 4.79 Å². The molecule has 0 radical (unpaired) electrons. The van der Waals surface area contributed by atoms with E-state index in [0.717, 1.165) is 43.3 Å². The summed E-state index contributed by atoms with van der Waals surface area (Å²) in [6, 6.07) is 0. The molecule has 1 atom stereocenters. The third kappa shape index (κ3) is 7.54. The molecule has 110 valence electrons. The first kappa shape index (κ1) is 16.5. The SMILES string of the molecule is CC(C)CC1CCC(C)CC1.O=CC1CC=CCC1. The second-order valence-electron chi connectivity index (χ2n) is 6.94. The number of carbonyl (C=O) groups excluding carboxylic acids is 1. The van der Waals surface area contributed by atoms with Gasteiger partial charge in [0.2, 0.25) is 0 Å². The van der Waals surface area contributed by atoms with Crippen LogP contribution < -0.4 is 0 Å². The predicted octanol–water partition coefficient (Wildman–Crippen LogP) is 5.40. The maximum atomic E-state index is 10.1. The van der Waals surface area contributed by atoms with E-state index in [1.807, 2.05) is 0 Å². The van der Waals surface area contributed by atoms with Crippen molar-refractivity contribution in [2.75, 3.05) is 0 Å². The van der Waals surface area contributed by atoms with Crippen LogP contribution in [0.2, 0.25) is 0 Å². The van der Waals surface area contributed by atoms with Gasteiger partial charge in [-0.1, -0.05) is 58.6 Å². The van der Waals surface area contributed by atoms with Crippen molar-refractivity contribution in [3.8, 4) is 0 Å². The standard InChI is InChI=1S/C11H22.C7H10O/c1-9(2)8-11-6-4-10(3)5-7-11;8-6-7-4-2-1-3-5-7/h9-11H,4-8H2,1-3H3;1-2,6-7H,3-5H2. The number of aldehydes is 1. The van der Waals surface area contributed by atoms with Gasteiger partial charge in [0, 0.05) is 5.92 Å². The summed E-state index contributed by atoms with van der Waals surface area (Å²) in [5.74, 6) is 3.30. The van der Waals surface area contributed by atoms with Crippen LogP contribution >= 0.6 is 0 Å². The molecule has 0 heterocycles. The normalized spacial score (nSPS) is 30.6. The van der Waals surface area contributed by atoms with Gasteiger partial charge in [0.05, 0.1) is 0 Å². The summed E-state index contributed by atoms with van der Waals surface area (Å²) in [4.78, 5) is 10.1. The van der Waals surface area contributed by atoms with Gasteiger partial charge in [-0.25, -0.2) is 0 Å². The van der Waals surface area contributed by atoms with E-state index < -0.39 is 0 Å². The van der Waals surface area contributed by atoms with Crippen LogP contribution in [0.4, 0.5) is 0 Å². The molecule has 0 aromatic rings. The molecule has 1 unspecified atom stereocenters. The fourth-order valence-electron chi connectivity index (χ4n) is 3.17. The van der Waals surface area contributed by atoms with Crippen molar-refractivity contribution in [1.29, 1.82) is 0 Å². The van der Waals surface area contributed by atoms with Crippen molar-refractivity contribution in [3.63, 3.8) is 0 Å². The quantitative estimate of drug-likeness (QED) is 0.492. The lowest BCUT2D eigenvalue weighted by Crippen LogP contribution is -2.13. The summed E-state index contributed by atoms with van der Waals surface area (Å²) in [7, 11) is 0. The lowest BCUT2D eigenvalue weighted by atomic mass is 9.79. The third-order valence-electron chi connectivity index (χ3n) is 4.44. The van der Waals surface area contributed by atoms with Crippen molar-refractivity contribution < 1.29 is 4.79 Å². The molecule has 0 spiro atoms. The second kappa shape index (κ2) is 9.34. The zero-order chi connectivity index (χ0) is 14.1. The topological polar surface area (TPSA) is 17.1 Å². The van der Waals surface area contributed by atoms with Crippen LogP contribution in [0.5, 0.6) is 0 Å². The first-order valence-corrected chi connectivity index (χ1v) is 8.22. The maximum Gasteiger partial charge on any atom is 0.123 e. The molecule has 1 saturated carbocycles. The molecule has 19 heavy (non-hydrogen) atoms. The molecular weight excluding hydrogens is 232 g/mol. The van der Waals surface area contributed by atoms with E-state index in [1.54, 1.807) is 0 Å². The van der Waals surface area contributed by atoms with Crippen LogP contribution in [-0.2, 0) is 4.79 Å². The van der Waals surface area contributed by atoms with Crippen LogP contribution in [0.1, 0.15) is 72.1 Å². The molecule has 2 aliphatic rings. The van der Waals surface area contributed by atoms with E-state index in [4.69, 9.17) is 0 Å². The minimum Gasteiger partial charge on any atom is -0.303 e. The molecule has 2 rings (SSSR count). The smallest absolute Gasteiger partial charge is 0.123 e. The molecule has 1 fully saturated rings. The molecule has 0 amide bonds. The Morgan fingerprint density at radius 3 is 2.21 bits per heavy atom. The highest BCUT2D eigenvalue weighted by Crippen LogP contribution is 2.31. The average molecular weight is 264 g/mol. The molecule has 0 saturated heterocycles. The van der Waals surface area contributed by atoms with Crippen molar-refractivity contribution in [1.82, 2.24) is 0 Å². The molecule has 0 aromatic heterocycles. The number of rotatable bonds is 3. The van der Waals surface area contributed by atoms with Crippen molar-refractivity contribution in [2.24, 2.45) is 23.7 Å². The highest BCUT2D eigenvalue weighted by molar-refractivity contribution is 5.54. The zero-order valence-electron chi connectivity index (χ0n) is 13.1. The van der Waals surface area contributed by atoms with E-state index in [2.05, 4.69) is 32.9 Å². The molecular formula is C18H32O. The maximum absolute atomic E-state index is 10.1. The van der Waals surface area contributed by atoms with Crippen LogP contribution in [-0.4, -0.2) is 6.29 Å². The predicted molar refractivity (Wildman–Crippen MR) is 83.1 cm³/mol. The second-order valence-corrected chi connectivity index (χ2v) is 6.94. The minimum absolute atomic E-state index is 0.319. The fraction of sp³-hybridized carbons (Fsp3) is 0.833. The minimum atomic E-state index is 0.319. The number of hydrogen-bond acceptors (Lipinski definition) is 1. The zero-order valence-corrected chi connectivity index (χ0v) is 13.1. The Morgan fingerprint density at radius 1 is 1.11 bits per heavy atom. The van der Waals surface area contributed by atoms with E-state index in [-0.39, 0.29) is 0 Å². The van der Waals surface area contributed by atoms with Gasteiger partial charge in [-0.3, -0.25) is 0 Å². The Labute approximate surface area is 119 Å². The molecule has 1 heteroatoms. The first-order valence-electron chi connectivity index (χ1n) is 8.22. The van der Waals surface area contributed by atoms with Crippen molar-refractivity contribution in [3.05, 3.63) is 12.2 Å². The summed E-state index contributed by atoms with van der Waals surface area (Å²) >= 11 is 0. The highest BCUT2D eigenvalue weighted by Gasteiger charge is 2.18. The van der Waals surface area contributed by atoms with E-state index in [1.165, 1.54) is 32.1 Å². The Morgan fingerprint density at radius 2 is 1.79 bits per heavy atom. The van der Waals surface area contributed by atoms with E-state index in [0.29, 0.717) is 5.92 Å². The van der Waals surface area contributed by atoms with Crippen molar-refractivity contribution >= 4 is 6.29 Å². The van der Waals surface area contributed by atoms with Gasteiger partial charge in [0.1, 0.15) is 6.29 Å². The van der Waals surface area contributed by atoms with Crippen LogP contribution in [0.3, 0.4) is 0 Å². The third-order valence-corrected chi connectivity index (χ3v) is 4.44. The largest absolute Gasteiger partial charge is 0.303 e. The first-order chi connectivity index (χ1) is 9.11. The van der Waals surface area contributed by atoms with Gasteiger partial charge in [-0.05, 0) is 43.4 Å². The highest BCUT2D eigenvalue weighted by atomic mass is 16.1. The molecule has 1 nitrogen and oxygen atoms in total. The van der Waals surface area contributed by atoms with E-state index >= 15 is 0 Å². The number of allylic oxidation sites excluding steroid dienone is 2. The Kier molecular flexibility index (Phi) is 8.09. The molecule has 0 bridgehead atoms. The summed E-state index contributed by atoms with van der Waals surface area (Å²) in [6.07, 6.45) is 15.8. The van der Waals surface area contributed by atoms with E-state index in [9.17, 15) is 4.79 Å². The van der Waals surface area contributed by atoms with Gasteiger partial charge in [0.15, 0.2) is 0 Å². The summed E-state index contributed by atoms with van der Waals surface area (Å²) < 4.78 is 0. The number of hydrogen-bond donors (Lipinski definition) is 0. The lowest BCUT2D eigenvalue weighted by Gasteiger charge is -2.27. The van der Waals surface area contributed by atoms with Gasteiger partial charge in [0.25, 0.3) is 0 Å². The van der Waals surface area contributed by atoms with Gasteiger partial charge in [-0.15, -0.1) is 0 Å². The molecule has 0 N–H and O–H groups in total.